The highest BCUT2D eigenvalue weighted by Gasteiger charge is 2.22. The molecule has 3 N–H and O–H groups in total. The molecule has 0 aliphatic heterocycles. The third-order valence-corrected chi connectivity index (χ3v) is 2.14. The number of anilines is 1. The first-order valence-electron chi connectivity index (χ1n) is 4.95. The van der Waals surface area contributed by atoms with Crippen LogP contribution in [0.4, 0.5) is 15.8 Å². The molecule has 1 aromatic carbocycles. The van der Waals surface area contributed by atoms with Gasteiger partial charge in [-0.2, -0.15) is 0 Å². The van der Waals surface area contributed by atoms with E-state index in [0.29, 0.717) is 6.07 Å². The maximum Gasteiger partial charge on any atom is 0.340 e. The topological polar surface area (TPSA) is 125 Å². The Labute approximate surface area is 106 Å². The molecule has 102 valence electrons. The second-order valence-electron chi connectivity index (χ2n) is 3.42. The molecular weight excluding hydrogens is 261 g/mol. The van der Waals surface area contributed by atoms with Crippen LogP contribution in [0.3, 0.4) is 0 Å². The van der Waals surface area contributed by atoms with E-state index in [2.05, 4.69) is 10.1 Å². The third kappa shape index (κ3) is 3.37. The Morgan fingerprint density at radius 2 is 2.16 bits per heavy atom. The molecule has 0 saturated heterocycles. The fraction of sp³-hybridized carbons (Fsp3) is 0.200. The van der Waals surface area contributed by atoms with Gasteiger partial charge in [0.05, 0.1) is 30.2 Å². The Kier molecular flexibility index (Phi) is 4.35. The molecule has 1 rings (SSSR count). The van der Waals surface area contributed by atoms with Crippen molar-refractivity contribution in [3.8, 4) is 0 Å². The van der Waals surface area contributed by atoms with Gasteiger partial charge in [0.1, 0.15) is 11.5 Å². The molecule has 19 heavy (non-hydrogen) atoms. The van der Waals surface area contributed by atoms with Crippen LogP contribution in [0.25, 0.3) is 0 Å². The van der Waals surface area contributed by atoms with Crippen molar-refractivity contribution in [2.75, 3.05) is 19.0 Å². The number of nitro groups is 1. The summed E-state index contributed by atoms with van der Waals surface area (Å²) in [4.78, 5) is 31.8. The second kappa shape index (κ2) is 5.76. The van der Waals surface area contributed by atoms with E-state index in [1.54, 1.807) is 0 Å². The van der Waals surface area contributed by atoms with Gasteiger partial charge in [0.15, 0.2) is 0 Å². The molecule has 0 heterocycles. The fourth-order valence-corrected chi connectivity index (χ4v) is 1.30. The number of nitrogens with one attached hydrogen (secondary N) is 1. The first-order valence-corrected chi connectivity index (χ1v) is 4.95. The first kappa shape index (κ1) is 14.4. The maximum atomic E-state index is 13.5. The number of ether oxygens (including phenoxy) is 1. The number of carbonyl (C=O) groups excluding carboxylic acids is 2. The minimum Gasteiger partial charge on any atom is -0.465 e. The molecule has 1 amide bonds. The number of nitro benzene ring substituents is 1. The summed E-state index contributed by atoms with van der Waals surface area (Å²) in [6.45, 7) is -0.396. The smallest absolute Gasteiger partial charge is 0.340 e. The van der Waals surface area contributed by atoms with E-state index in [9.17, 15) is 24.1 Å². The molecule has 9 heteroatoms. The molecular formula is C10H10FN3O5. The zero-order valence-corrected chi connectivity index (χ0v) is 9.81. The number of hydrogen-bond donors (Lipinski definition) is 2. The molecule has 0 aliphatic rings. The van der Waals surface area contributed by atoms with E-state index in [1.807, 2.05) is 0 Å². The Morgan fingerprint density at radius 3 is 2.63 bits per heavy atom. The summed E-state index contributed by atoms with van der Waals surface area (Å²) < 4.78 is 17.8. The standard InChI is InChI=1S/C10H10FN3O5/c1-19-10(16)5-2-7(13-4-9(12)15)8(14(17)18)3-6(5)11/h2-3,13H,4H2,1H3,(H2,12,15). The molecule has 0 aromatic heterocycles. The predicted octanol–water partition coefficient (Wildman–Crippen LogP) is 0.418. The van der Waals surface area contributed by atoms with E-state index in [4.69, 9.17) is 5.73 Å². The number of methoxy groups -OCH3 is 1. The van der Waals surface area contributed by atoms with Crippen LogP contribution in [0.5, 0.6) is 0 Å². The molecule has 0 fully saturated rings. The number of esters is 1. The molecule has 1 aromatic rings. The van der Waals surface area contributed by atoms with Crippen LogP contribution >= 0.6 is 0 Å². The molecule has 8 nitrogen and oxygen atoms in total. The predicted molar refractivity (Wildman–Crippen MR) is 62.1 cm³/mol. The number of amides is 1. The van der Waals surface area contributed by atoms with Gasteiger partial charge in [-0.05, 0) is 6.07 Å². The highest BCUT2D eigenvalue weighted by atomic mass is 19.1. The minimum absolute atomic E-state index is 0.203. The summed E-state index contributed by atoms with van der Waals surface area (Å²) in [5.74, 6) is -2.85. The molecule has 0 radical (unpaired) electrons. The van der Waals surface area contributed by atoms with Crippen molar-refractivity contribution in [2.24, 2.45) is 5.73 Å². The second-order valence-corrected chi connectivity index (χ2v) is 3.42. The Bertz CT molecular complexity index is 546. The maximum absolute atomic E-state index is 13.5. The molecule has 0 aliphatic carbocycles. The van der Waals surface area contributed by atoms with Gasteiger partial charge in [-0.3, -0.25) is 14.9 Å². The van der Waals surface area contributed by atoms with Crippen LogP contribution in [0, 0.1) is 15.9 Å². The van der Waals surface area contributed by atoms with Crippen LogP contribution in [-0.2, 0) is 9.53 Å². The zero-order valence-electron chi connectivity index (χ0n) is 9.81. The lowest BCUT2D eigenvalue weighted by atomic mass is 10.1. The average Bonchev–Trinajstić information content (AvgIpc) is 2.35. The Hall–Kier alpha value is -2.71. The van der Waals surface area contributed by atoms with E-state index in [1.165, 1.54) is 0 Å². The van der Waals surface area contributed by atoms with Crippen LogP contribution in [-0.4, -0.2) is 30.5 Å². The van der Waals surface area contributed by atoms with Crippen LogP contribution in [0.1, 0.15) is 10.4 Å². The van der Waals surface area contributed by atoms with Crippen LogP contribution in [0.2, 0.25) is 0 Å². The molecule has 0 unspecified atom stereocenters. The van der Waals surface area contributed by atoms with Gasteiger partial charge in [0.25, 0.3) is 5.69 Å². The van der Waals surface area contributed by atoms with Crippen LogP contribution in [0.15, 0.2) is 12.1 Å². The van der Waals surface area contributed by atoms with Crippen molar-refractivity contribution < 1.29 is 23.6 Å². The summed E-state index contributed by atoms with van der Waals surface area (Å²) in [6, 6.07) is 1.46. The first-order chi connectivity index (χ1) is 8.86. The van der Waals surface area contributed by atoms with Gasteiger partial charge in [0, 0.05) is 0 Å². The summed E-state index contributed by atoms with van der Waals surface area (Å²) in [7, 11) is 1.04. The third-order valence-electron chi connectivity index (χ3n) is 2.14. The molecule has 0 saturated carbocycles. The number of nitrogens with two attached hydrogens (primary N) is 1. The molecule has 0 bridgehead atoms. The lowest BCUT2D eigenvalue weighted by Crippen LogP contribution is -2.22. The van der Waals surface area contributed by atoms with E-state index < -0.39 is 40.4 Å². The van der Waals surface area contributed by atoms with Crippen molar-refractivity contribution in [2.45, 2.75) is 0 Å². The van der Waals surface area contributed by atoms with Gasteiger partial charge in [0.2, 0.25) is 5.91 Å². The number of primary amides is 1. The van der Waals surface area contributed by atoms with E-state index >= 15 is 0 Å². The largest absolute Gasteiger partial charge is 0.465 e. The van der Waals surface area contributed by atoms with Crippen molar-refractivity contribution in [1.29, 1.82) is 0 Å². The lowest BCUT2D eigenvalue weighted by molar-refractivity contribution is -0.384. The average molecular weight is 271 g/mol. The number of carbonyl (C=O) groups is 2. The Balaban J connectivity index is 3.26. The monoisotopic (exact) mass is 271 g/mol. The number of benzene rings is 1. The molecule has 0 spiro atoms. The quantitative estimate of drug-likeness (QED) is 0.454. The summed E-state index contributed by atoms with van der Waals surface area (Å²) in [6.07, 6.45) is 0. The summed E-state index contributed by atoms with van der Waals surface area (Å²) >= 11 is 0. The van der Waals surface area contributed by atoms with Gasteiger partial charge in [-0.15, -0.1) is 0 Å². The van der Waals surface area contributed by atoms with Crippen molar-refractivity contribution in [3.05, 3.63) is 33.6 Å². The number of hydrogen-bond acceptors (Lipinski definition) is 6. The summed E-state index contributed by atoms with van der Waals surface area (Å²) in [5.41, 5.74) is 3.58. The van der Waals surface area contributed by atoms with Crippen LogP contribution < -0.4 is 11.1 Å². The number of nitrogens with zero attached hydrogens (tertiary/aromatic N) is 1. The van der Waals surface area contributed by atoms with Gasteiger partial charge < -0.3 is 15.8 Å². The van der Waals surface area contributed by atoms with Crippen molar-refractivity contribution in [3.63, 3.8) is 0 Å². The van der Waals surface area contributed by atoms with Gasteiger partial charge in [-0.1, -0.05) is 0 Å². The normalized spacial score (nSPS) is 9.79. The van der Waals surface area contributed by atoms with Gasteiger partial charge >= 0.3 is 5.97 Å². The fourth-order valence-electron chi connectivity index (χ4n) is 1.30. The zero-order chi connectivity index (χ0) is 14.6. The van der Waals surface area contributed by atoms with E-state index in [0.717, 1.165) is 13.2 Å². The highest BCUT2D eigenvalue weighted by Crippen LogP contribution is 2.28. The SMILES string of the molecule is COC(=O)c1cc(NCC(N)=O)c([N+](=O)[O-])cc1F. The van der Waals surface area contributed by atoms with E-state index in [-0.39, 0.29) is 5.69 Å². The lowest BCUT2D eigenvalue weighted by Gasteiger charge is -2.08. The number of halogens is 1. The van der Waals surface area contributed by atoms with Crippen molar-refractivity contribution >= 4 is 23.3 Å². The number of rotatable bonds is 5. The highest BCUT2D eigenvalue weighted by molar-refractivity contribution is 5.92. The van der Waals surface area contributed by atoms with Crippen molar-refractivity contribution in [1.82, 2.24) is 0 Å². The molecule has 0 atom stereocenters. The Morgan fingerprint density at radius 1 is 1.53 bits per heavy atom. The van der Waals surface area contributed by atoms with Gasteiger partial charge in [-0.25, -0.2) is 9.18 Å². The minimum atomic E-state index is -1.09. The summed E-state index contributed by atoms with van der Waals surface area (Å²) in [5, 5.41) is 13.1.